The van der Waals surface area contributed by atoms with Crippen LogP contribution in [0.2, 0.25) is 0 Å². The first-order valence-corrected chi connectivity index (χ1v) is 13.5. The number of rotatable bonds is 7. The maximum Gasteiger partial charge on any atom is 0.305 e. The maximum atomic E-state index is 14.0. The second-order valence-electron chi connectivity index (χ2n) is 11.8. The monoisotopic (exact) mass is 517 g/mol. The van der Waals surface area contributed by atoms with Gasteiger partial charge in [-0.3, -0.25) is 19.4 Å². The molecule has 2 N–H and O–H groups in total. The van der Waals surface area contributed by atoms with E-state index in [1.165, 1.54) is 0 Å². The molecule has 1 aliphatic heterocycles. The highest BCUT2D eigenvalue weighted by Crippen LogP contribution is 2.49. The van der Waals surface area contributed by atoms with Gasteiger partial charge in [-0.15, -0.1) is 0 Å². The number of hydrogen-bond donors (Lipinski definition) is 2. The Morgan fingerprint density at radius 2 is 1.79 bits per heavy atom. The molecule has 1 saturated carbocycles. The van der Waals surface area contributed by atoms with Crippen molar-refractivity contribution in [2.24, 2.45) is 16.3 Å². The lowest BCUT2D eigenvalue weighted by atomic mass is 9.69. The first-order valence-electron chi connectivity index (χ1n) is 13.5. The SMILES string of the molecule is Cc1cccc(C2=NC3(CCC(C(C)(C)C)CC3)N([C@H](C)c3ccc(C(=O)NCCC(=O)O)cc3)C2=O)c1. The van der Waals surface area contributed by atoms with Crippen LogP contribution in [0.15, 0.2) is 53.5 Å². The van der Waals surface area contributed by atoms with Crippen LogP contribution in [0.5, 0.6) is 0 Å². The van der Waals surface area contributed by atoms with Gasteiger partial charge in [-0.25, -0.2) is 0 Å². The van der Waals surface area contributed by atoms with Crippen molar-refractivity contribution in [2.45, 2.75) is 78.4 Å². The number of nitrogens with one attached hydrogen (secondary N) is 1. The van der Waals surface area contributed by atoms with Crippen LogP contribution < -0.4 is 5.32 Å². The maximum absolute atomic E-state index is 14.0. The van der Waals surface area contributed by atoms with Crippen LogP contribution >= 0.6 is 0 Å². The highest BCUT2D eigenvalue weighted by atomic mass is 16.4. The molecule has 1 aliphatic carbocycles. The summed E-state index contributed by atoms with van der Waals surface area (Å²) in [5.74, 6) is -0.738. The van der Waals surface area contributed by atoms with Crippen LogP contribution in [0.4, 0.5) is 0 Å². The van der Waals surface area contributed by atoms with Crippen LogP contribution in [-0.2, 0) is 9.59 Å². The number of nitrogens with zero attached hydrogens (tertiary/aromatic N) is 2. The predicted molar refractivity (Wildman–Crippen MR) is 148 cm³/mol. The Hall–Kier alpha value is -3.48. The van der Waals surface area contributed by atoms with Crippen molar-refractivity contribution in [3.05, 3.63) is 70.8 Å². The highest BCUT2D eigenvalue weighted by Gasteiger charge is 2.51. The summed E-state index contributed by atoms with van der Waals surface area (Å²) in [6.07, 6.45) is 3.55. The van der Waals surface area contributed by atoms with Crippen molar-refractivity contribution in [2.75, 3.05) is 6.54 Å². The molecule has 0 saturated heterocycles. The lowest BCUT2D eigenvalue weighted by Gasteiger charge is -2.46. The van der Waals surface area contributed by atoms with E-state index in [1.54, 1.807) is 12.1 Å². The summed E-state index contributed by atoms with van der Waals surface area (Å²) in [5.41, 5.74) is 3.50. The Balaban J connectivity index is 1.61. The van der Waals surface area contributed by atoms with E-state index in [9.17, 15) is 14.4 Å². The molecule has 2 aliphatic rings. The summed E-state index contributed by atoms with van der Waals surface area (Å²) in [6.45, 7) is 11.0. The number of amides is 2. The fourth-order valence-electron chi connectivity index (χ4n) is 5.88. The van der Waals surface area contributed by atoms with Crippen LogP contribution in [-0.4, -0.2) is 45.7 Å². The minimum atomic E-state index is -0.956. The van der Waals surface area contributed by atoms with Gasteiger partial charge in [0.1, 0.15) is 11.4 Å². The molecule has 2 aromatic rings. The van der Waals surface area contributed by atoms with E-state index in [0.29, 0.717) is 17.2 Å². The quantitative estimate of drug-likeness (QED) is 0.505. The molecule has 2 aromatic carbocycles. The van der Waals surface area contributed by atoms with Crippen LogP contribution in [0.3, 0.4) is 0 Å². The molecule has 7 nitrogen and oxygen atoms in total. The average molecular weight is 518 g/mol. The van der Waals surface area contributed by atoms with E-state index < -0.39 is 11.6 Å². The molecular weight excluding hydrogens is 478 g/mol. The van der Waals surface area contributed by atoms with E-state index in [1.807, 2.05) is 55.1 Å². The third-order valence-electron chi connectivity index (χ3n) is 8.16. The normalized spacial score (nSPS) is 22.3. The van der Waals surface area contributed by atoms with Gasteiger partial charge in [-0.2, -0.15) is 0 Å². The number of aliphatic carboxylic acids is 1. The minimum Gasteiger partial charge on any atom is -0.481 e. The summed E-state index contributed by atoms with van der Waals surface area (Å²) in [7, 11) is 0. The molecule has 4 rings (SSSR count). The molecule has 2 amide bonds. The van der Waals surface area contributed by atoms with Crippen LogP contribution in [0.25, 0.3) is 0 Å². The molecule has 1 fully saturated rings. The average Bonchev–Trinajstić information content (AvgIpc) is 3.14. The fourth-order valence-corrected chi connectivity index (χ4v) is 5.88. The van der Waals surface area contributed by atoms with Gasteiger partial charge < -0.3 is 15.3 Å². The largest absolute Gasteiger partial charge is 0.481 e. The van der Waals surface area contributed by atoms with E-state index in [2.05, 4.69) is 26.1 Å². The van der Waals surface area contributed by atoms with Crippen LogP contribution in [0, 0.1) is 18.3 Å². The first kappa shape index (κ1) is 27.6. The Bertz CT molecular complexity index is 1230. The van der Waals surface area contributed by atoms with Crippen molar-refractivity contribution in [3.8, 4) is 0 Å². The Labute approximate surface area is 225 Å². The van der Waals surface area contributed by atoms with Gasteiger partial charge in [-0.1, -0.05) is 56.7 Å². The zero-order chi connectivity index (χ0) is 27.7. The summed E-state index contributed by atoms with van der Waals surface area (Å²) < 4.78 is 0. The van der Waals surface area contributed by atoms with Gasteiger partial charge >= 0.3 is 5.97 Å². The molecule has 1 atom stereocenters. The molecular formula is C31H39N3O4. The number of benzene rings is 2. The molecule has 1 spiro atoms. The number of carbonyl (C=O) groups excluding carboxylic acids is 2. The predicted octanol–water partition coefficient (Wildman–Crippen LogP) is 5.52. The number of carboxylic acid groups (broad SMARTS) is 1. The zero-order valence-electron chi connectivity index (χ0n) is 23.1. The second-order valence-corrected chi connectivity index (χ2v) is 11.8. The van der Waals surface area contributed by atoms with Crippen LogP contribution in [0.1, 0.15) is 92.9 Å². The zero-order valence-corrected chi connectivity index (χ0v) is 23.1. The van der Waals surface area contributed by atoms with E-state index in [4.69, 9.17) is 10.1 Å². The van der Waals surface area contributed by atoms with Gasteiger partial charge in [0.2, 0.25) is 0 Å². The number of hydrogen-bond acceptors (Lipinski definition) is 4. The standard InChI is InChI=1S/C31H39N3O4/c1-20-7-6-8-24(19-20)27-29(38)34(31(33-27)16-13-25(14-17-31)30(3,4)5)21(2)22-9-11-23(12-10-22)28(37)32-18-15-26(35)36/h6-12,19,21,25H,13-18H2,1-5H3,(H,32,37)(H,35,36)/t21-,25?,31?/m1/s1. The third kappa shape index (κ3) is 5.66. The topological polar surface area (TPSA) is 99.1 Å². The Kier molecular flexibility index (Phi) is 7.77. The van der Waals surface area contributed by atoms with Gasteiger partial charge in [0.25, 0.3) is 11.8 Å². The number of aryl methyl sites for hydroxylation is 1. The van der Waals surface area contributed by atoms with E-state index in [-0.39, 0.29) is 36.2 Å². The van der Waals surface area contributed by atoms with Gasteiger partial charge in [0, 0.05) is 17.7 Å². The van der Waals surface area contributed by atoms with Gasteiger partial charge in [0.05, 0.1) is 12.5 Å². The van der Waals surface area contributed by atoms with Gasteiger partial charge in [-0.05, 0) is 74.6 Å². The minimum absolute atomic E-state index is 0.0483. The fraction of sp³-hybridized carbons (Fsp3) is 0.484. The third-order valence-corrected chi connectivity index (χ3v) is 8.16. The summed E-state index contributed by atoms with van der Waals surface area (Å²) in [6, 6.07) is 15.0. The lowest BCUT2D eigenvalue weighted by Crippen LogP contribution is -2.50. The summed E-state index contributed by atoms with van der Waals surface area (Å²) in [4.78, 5) is 44.3. The molecule has 0 unspecified atom stereocenters. The smallest absolute Gasteiger partial charge is 0.305 e. The molecule has 7 heteroatoms. The molecule has 0 aromatic heterocycles. The van der Waals surface area contributed by atoms with E-state index >= 15 is 0 Å². The van der Waals surface area contributed by atoms with Crippen molar-refractivity contribution in [1.82, 2.24) is 10.2 Å². The van der Waals surface area contributed by atoms with Crippen molar-refractivity contribution in [3.63, 3.8) is 0 Å². The van der Waals surface area contributed by atoms with E-state index in [0.717, 1.165) is 42.4 Å². The molecule has 38 heavy (non-hydrogen) atoms. The van der Waals surface area contributed by atoms with Crippen molar-refractivity contribution < 1.29 is 19.5 Å². The van der Waals surface area contributed by atoms with Crippen molar-refractivity contribution >= 4 is 23.5 Å². The molecule has 0 bridgehead atoms. The summed E-state index contributed by atoms with van der Waals surface area (Å²) in [5, 5.41) is 11.4. The molecule has 202 valence electrons. The Morgan fingerprint density at radius 3 is 2.37 bits per heavy atom. The Morgan fingerprint density at radius 1 is 1.13 bits per heavy atom. The first-order chi connectivity index (χ1) is 17.9. The highest BCUT2D eigenvalue weighted by molar-refractivity contribution is 6.46. The number of carbonyl (C=O) groups is 3. The van der Waals surface area contributed by atoms with Gasteiger partial charge in [0.15, 0.2) is 0 Å². The lowest BCUT2D eigenvalue weighted by molar-refractivity contribution is -0.137. The number of carboxylic acids is 1. The van der Waals surface area contributed by atoms with Crippen molar-refractivity contribution in [1.29, 1.82) is 0 Å². The molecule has 0 radical (unpaired) electrons. The number of aliphatic imine (C=N–C) groups is 1. The molecule has 1 heterocycles. The second kappa shape index (κ2) is 10.7. The summed E-state index contributed by atoms with van der Waals surface area (Å²) >= 11 is 0.